The number of hydrogen-bond acceptors (Lipinski definition) is 2. The van der Waals surface area contributed by atoms with E-state index in [2.05, 4.69) is 0 Å². The molecule has 1 aliphatic heterocycles. The molecular formula is C16H22ClNO2. The minimum absolute atomic E-state index is 0.0260. The van der Waals surface area contributed by atoms with Gasteiger partial charge in [0.25, 0.3) is 0 Å². The van der Waals surface area contributed by atoms with Crippen LogP contribution in [0.1, 0.15) is 42.2 Å². The average molecular weight is 296 g/mol. The Bertz CT molecular complexity index is 468. The van der Waals surface area contributed by atoms with Gasteiger partial charge >= 0.3 is 0 Å². The molecule has 4 heteroatoms. The van der Waals surface area contributed by atoms with Gasteiger partial charge in [-0.15, -0.1) is 11.6 Å². The zero-order valence-electron chi connectivity index (χ0n) is 12.2. The number of hydrogen-bond donors (Lipinski definition) is 0. The molecule has 0 saturated carbocycles. The molecule has 0 spiro atoms. The lowest BCUT2D eigenvalue weighted by Gasteiger charge is -2.23. The van der Waals surface area contributed by atoms with Crippen LogP contribution in [-0.2, 0) is 4.79 Å². The molecule has 1 aliphatic rings. The van der Waals surface area contributed by atoms with Crippen LogP contribution in [0.15, 0.2) is 18.2 Å². The maximum Gasteiger partial charge on any atom is 0.245 e. The van der Waals surface area contributed by atoms with E-state index in [9.17, 15) is 4.79 Å². The molecule has 1 atom stereocenters. The molecule has 0 radical (unpaired) electrons. The van der Waals surface area contributed by atoms with Crippen molar-refractivity contribution in [3.8, 4) is 5.75 Å². The second-order valence-electron chi connectivity index (χ2n) is 5.33. The van der Waals surface area contributed by atoms with Crippen molar-refractivity contribution in [2.75, 3.05) is 20.2 Å². The number of amides is 1. The first-order chi connectivity index (χ1) is 9.63. The molecule has 1 aromatic carbocycles. The fourth-order valence-electron chi connectivity index (χ4n) is 2.65. The highest BCUT2D eigenvalue weighted by Gasteiger charge is 2.24. The summed E-state index contributed by atoms with van der Waals surface area (Å²) in [5.74, 6) is 0.845. The van der Waals surface area contributed by atoms with E-state index in [0.717, 1.165) is 42.8 Å². The lowest BCUT2D eigenvalue weighted by molar-refractivity contribution is -0.130. The van der Waals surface area contributed by atoms with E-state index in [1.54, 1.807) is 7.11 Å². The van der Waals surface area contributed by atoms with Gasteiger partial charge < -0.3 is 9.64 Å². The van der Waals surface area contributed by atoms with Crippen molar-refractivity contribution in [3.63, 3.8) is 0 Å². The molecule has 1 heterocycles. The molecule has 3 nitrogen and oxygen atoms in total. The summed E-state index contributed by atoms with van der Waals surface area (Å²) in [6.07, 6.45) is 4.57. The van der Waals surface area contributed by atoms with Crippen molar-refractivity contribution in [1.82, 2.24) is 4.90 Å². The summed E-state index contributed by atoms with van der Waals surface area (Å²) in [5, 5.41) is -0.599. The summed E-state index contributed by atoms with van der Waals surface area (Å²) in [6.45, 7) is 3.62. The maximum absolute atomic E-state index is 12.5. The number of methoxy groups -OCH3 is 1. The highest BCUT2D eigenvalue weighted by molar-refractivity contribution is 6.30. The molecule has 0 bridgehead atoms. The second-order valence-corrected chi connectivity index (χ2v) is 5.77. The van der Waals surface area contributed by atoms with Crippen LogP contribution in [0.2, 0.25) is 0 Å². The number of alkyl halides is 1. The Morgan fingerprint density at radius 1 is 1.25 bits per heavy atom. The number of aryl methyl sites for hydroxylation is 1. The van der Waals surface area contributed by atoms with Gasteiger partial charge in [0.05, 0.1) is 7.11 Å². The van der Waals surface area contributed by atoms with Gasteiger partial charge in [-0.3, -0.25) is 4.79 Å². The second kappa shape index (κ2) is 6.98. The number of carbonyl (C=O) groups excluding carboxylic acids is 1. The fraction of sp³-hybridized carbons (Fsp3) is 0.562. The quantitative estimate of drug-likeness (QED) is 0.796. The smallest absolute Gasteiger partial charge is 0.245 e. The predicted molar refractivity (Wildman–Crippen MR) is 81.4 cm³/mol. The summed E-state index contributed by atoms with van der Waals surface area (Å²) in [7, 11) is 1.64. The molecule has 20 heavy (non-hydrogen) atoms. The van der Waals surface area contributed by atoms with Crippen LogP contribution in [0, 0.1) is 6.92 Å². The third kappa shape index (κ3) is 3.45. The van der Waals surface area contributed by atoms with Gasteiger partial charge in [0.1, 0.15) is 11.1 Å². The first kappa shape index (κ1) is 15.2. The Balaban J connectivity index is 2.11. The zero-order chi connectivity index (χ0) is 14.5. The first-order valence-corrected chi connectivity index (χ1v) is 7.64. The molecule has 0 N–H and O–H groups in total. The first-order valence-electron chi connectivity index (χ1n) is 7.21. The normalized spacial score (nSPS) is 17.4. The summed E-state index contributed by atoms with van der Waals surface area (Å²) in [4.78, 5) is 14.4. The van der Waals surface area contributed by atoms with Crippen LogP contribution < -0.4 is 4.74 Å². The molecular weight excluding hydrogens is 274 g/mol. The van der Waals surface area contributed by atoms with E-state index in [0.29, 0.717) is 0 Å². The third-order valence-corrected chi connectivity index (χ3v) is 4.28. The Hall–Kier alpha value is -1.22. The van der Waals surface area contributed by atoms with Gasteiger partial charge in [0.15, 0.2) is 0 Å². The van der Waals surface area contributed by atoms with Gasteiger partial charge in [0, 0.05) is 13.1 Å². The van der Waals surface area contributed by atoms with Crippen molar-refractivity contribution in [1.29, 1.82) is 0 Å². The summed E-state index contributed by atoms with van der Waals surface area (Å²) in [5.41, 5.74) is 1.85. The highest BCUT2D eigenvalue weighted by atomic mass is 35.5. The third-order valence-electron chi connectivity index (χ3n) is 3.85. The molecule has 0 aliphatic carbocycles. The highest BCUT2D eigenvalue weighted by Crippen LogP contribution is 2.28. The fourth-order valence-corrected chi connectivity index (χ4v) is 2.93. The average Bonchev–Trinajstić information content (AvgIpc) is 2.74. The lowest BCUT2D eigenvalue weighted by atomic mass is 10.1. The topological polar surface area (TPSA) is 29.5 Å². The van der Waals surface area contributed by atoms with Crippen molar-refractivity contribution in [2.45, 2.75) is 38.0 Å². The lowest BCUT2D eigenvalue weighted by Crippen LogP contribution is -2.34. The Kier molecular flexibility index (Phi) is 5.30. The standard InChI is InChI=1S/C16H22ClNO2/c1-12-11-13(7-8-14(12)20-2)15(17)16(19)18-9-5-3-4-6-10-18/h7-8,11,15H,3-6,9-10H2,1-2H3. The Morgan fingerprint density at radius 3 is 2.45 bits per heavy atom. The number of ether oxygens (including phenoxy) is 1. The summed E-state index contributed by atoms with van der Waals surface area (Å²) >= 11 is 6.38. The Morgan fingerprint density at radius 2 is 1.90 bits per heavy atom. The largest absolute Gasteiger partial charge is 0.496 e. The van der Waals surface area contributed by atoms with Gasteiger partial charge in [-0.2, -0.15) is 0 Å². The van der Waals surface area contributed by atoms with Crippen molar-refractivity contribution < 1.29 is 9.53 Å². The van der Waals surface area contributed by atoms with E-state index in [1.807, 2.05) is 30.0 Å². The van der Waals surface area contributed by atoms with Crippen LogP contribution in [0.3, 0.4) is 0 Å². The predicted octanol–water partition coefficient (Wildman–Crippen LogP) is 3.69. The van der Waals surface area contributed by atoms with Crippen LogP contribution in [-0.4, -0.2) is 31.0 Å². The van der Waals surface area contributed by atoms with Gasteiger partial charge in [-0.25, -0.2) is 0 Å². The molecule has 1 fully saturated rings. The number of likely N-dealkylation sites (tertiary alicyclic amines) is 1. The van der Waals surface area contributed by atoms with Crippen molar-refractivity contribution >= 4 is 17.5 Å². The number of nitrogens with zero attached hydrogens (tertiary/aromatic N) is 1. The van der Waals surface area contributed by atoms with Gasteiger partial charge in [-0.1, -0.05) is 25.0 Å². The van der Waals surface area contributed by atoms with Crippen LogP contribution >= 0.6 is 11.6 Å². The van der Waals surface area contributed by atoms with E-state index in [-0.39, 0.29) is 5.91 Å². The zero-order valence-corrected chi connectivity index (χ0v) is 12.9. The number of benzene rings is 1. The monoisotopic (exact) mass is 295 g/mol. The summed E-state index contributed by atoms with van der Waals surface area (Å²) in [6, 6.07) is 5.68. The summed E-state index contributed by atoms with van der Waals surface area (Å²) < 4.78 is 5.23. The molecule has 2 rings (SSSR count). The molecule has 110 valence electrons. The van der Waals surface area contributed by atoms with Gasteiger partial charge in [0.2, 0.25) is 5.91 Å². The van der Waals surface area contributed by atoms with E-state index < -0.39 is 5.38 Å². The van der Waals surface area contributed by atoms with E-state index >= 15 is 0 Å². The van der Waals surface area contributed by atoms with Crippen LogP contribution in [0.4, 0.5) is 0 Å². The minimum atomic E-state index is -0.599. The minimum Gasteiger partial charge on any atom is -0.496 e. The van der Waals surface area contributed by atoms with Crippen molar-refractivity contribution in [2.24, 2.45) is 0 Å². The number of carbonyl (C=O) groups is 1. The van der Waals surface area contributed by atoms with Crippen LogP contribution in [0.5, 0.6) is 5.75 Å². The maximum atomic E-state index is 12.5. The molecule has 0 aromatic heterocycles. The molecule has 1 aromatic rings. The number of halogens is 1. The Labute approximate surface area is 125 Å². The number of rotatable bonds is 3. The molecule has 1 saturated heterocycles. The van der Waals surface area contributed by atoms with E-state index in [4.69, 9.17) is 16.3 Å². The van der Waals surface area contributed by atoms with E-state index in [1.165, 1.54) is 12.8 Å². The van der Waals surface area contributed by atoms with Crippen molar-refractivity contribution in [3.05, 3.63) is 29.3 Å². The SMILES string of the molecule is COc1ccc(C(Cl)C(=O)N2CCCCCC2)cc1C. The van der Waals surface area contributed by atoms with Crippen LogP contribution in [0.25, 0.3) is 0 Å². The molecule has 1 amide bonds. The van der Waals surface area contributed by atoms with Gasteiger partial charge in [-0.05, 0) is 37.0 Å². The molecule has 1 unspecified atom stereocenters.